The number of nitrogens with zero attached hydrogens (tertiary/aromatic N) is 3. The van der Waals surface area contributed by atoms with Crippen LogP contribution in [-0.4, -0.2) is 68.4 Å². The summed E-state index contributed by atoms with van der Waals surface area (Å²) in [5, 5.41) is 12.1. The molecule has 4 aliphatic rings. The summed E-state index contributed by atoms with van der Waals surface area (Å²) in [6.07, 6.45) is -3.66. The first-order valence-electron chi connectivity index (χ1n) is 17.7. The summed E-state index contributed by atoms with van der Waals surface area (Å²) in [6.45, 7) is 3.69. The first kappa shape index (κ1) is 36.6. The summed E-state index contributed by atoms with van der Waals surface area (Å²) < 4.78 is 49.0. The minimum Gasteiger partial charge on any atom is -0.446 e. The van der Waals surface area contributed by atoms with Gasteiger partial charge in [-0.1, -0.05) is 19.9 Å². The lowest BCUT2D eigenvalue weighted by molar-refractivity contribution is -0.141. The second kappa shape index (κ2) is 13.6. The molecule has 1 unspecified atom stereocenters. The fraction of sp³-hybridized carbons (Fsp3) is 0.432. The number of imide groups is 1. The van der Waals surface area contributed by atoms with E-state index >= 15 is 0 Å². The van der Waals surface area contributed by atoms with E-state index in [0.29, 0.717) is 48.2 Å². The number of rotatable bonds is 7. The average molecular weight is 750 g/mol. The first-order valence-corrected chi connectivity index (χ1v) is 17.7. The number of ketones is 1. The van der Waals surface area contributed by atoms with Gasteiger partial charge in [0, 0.05) is 47.9 Å². The SMILES string of the molecule is CC1(C)CC(=O)c2c(C(F)(F)F)nn(-c3ccc(C(N)=O)c(N[C@H]4CC[C@H](OC(=O)Nc5cccc6c5CN(C5CCC(=O)NC5=O)C6=O)CC4)c3)c2C1. The Bertz CT molecular complexity index is 2100. The Morgan fingerprint density at radius 3 is 2.43 bits per heavy atom. The smallest absolute Gasteiger partial charge is 0.435 e. The van der Waals surface area contributed by atoms with Crippen LogP contribution in [0.2, 0.25) is 0 Å². The van der Waals surface area contributed by atoms with Gasteiger partial charge in [0.1, 0.15) is 12.1 Å². The maximum absolute atomic E-state index is 14.0. The summed E-state index contributed by atoms with van der Waals surface area (Å²) in [4.78, 5) is 76.9. The van der Waals surface area contributed by atoms with Crippen LogP contribution < -0.4 is 21.7 Å². The Morgan fingerprint density at radius 1 is 1.00 bits per heavy atom. The molecule has 2 aliphatic carbocycles. The number of ether oxygens (including phenoxy) is 1. The van der Waals surface area contributed by atoms with E-state index in [9.17, 15) is 41.9 Å². The van der Waals surface area contributed by atoms with Crippen molar-refractivity contribution in [2.45, 2.75) is 96.1 Å². The number of nitrogens with two attached hydrogens (primary N) is 1. The quantitative estimate of drug-likeness (QED) is 0.244. The molecule has 0 spiro atoms. The predicted octanol–water partition coefficient (Wildman–Crippen LogP) is 4.88. The van der Waals surface area contributed by atoms with E-state index < -0.39 is 64.6 Å². The molecule has 17 heteroatoms. The summed E-state index contributed by atoms with van der Waals surface area (Å²) in [5.74, 6) is -2.68. The van der Waals surface area contributed by atoms with Gasteiger partial charge in [0.25, 0.3) is 11.8 Å². The molecule has 7 rings (SSSR count). The van der Waals surface area contributed by atoms with Gasteiger partial charge < -0.3 is 20.7 Å². The lowest BCUT2D eigenvalue weighted by Gasteiger charge is -2.30. The van der Waals surface area contributed by atoms with Crippen LogP contribution in [0.3, 0.4) is 0 Å². The molecule has 1 saturated carbocycles. The number of Topliss-reactive ketones (excluding diaryl/α,β-unsaturated/α-hetero) is 1. The number of nitrogens with one attached hydrogen (secondary N) is 3. The molecule has 1 saturated heterocycles. The number of hydrogen-bond acceptors (Lipinski definition) is 9. The van der Waals surface area contributed by atoms with Crippen molar-refractivity contribution < 1.29 is 46.7 Å². The lowest BCUT2D eigenvalue weighted by atomic mass is 9.75. The third kappa shape index (κ3) is 7.01. The molecule has 1 aromatic heterocycles. The van der Waals surface area contributed by atoms with Crippen molar-refractivity contribution in [3.05, 3.63) is 70.0 Å². The molecule has 5 N–H and O–H groups in total. The zero-order valence-corrected chi connectivity index (χ0v) is 29.5. The Balaban J connectivity index is 1.01. The van der Waals surface area contributed by atoms with Crippen molar-refractivity contribution in [3.63, 3.8) is 0 Å². The number of carbonyl (C=O) groups is 6. The fourth-order valence-corrected chi connectivity index (χ4v) is 7.90. The van der Waals surface area contributed by atoms with Gasteiger partial charge in [0.2, 0.25) is 11.8 Å². The van der Waals surface area contributed by atoms with E-state index in [1.54, 1.807) is 32.0 Å². The number of aromatic nitrogens is 2. The van der Waals surface area contributed by atoms with Crippen LogP contribution in [0.1, 0.15) is 107 Å². The molecule has 284 valence electrons. The normalized spacial score (nSPS) is 22.3. The van der Waals surface area contributed by atoms with Crippen LogP contribution in [0.25, 0.3) is 5.69 Å². The number of hydrogen-bond donors (Lipinski definition) is 4. The summed E-state index contributed by atoms with van der Waals surface area (Å²) >= 11 is 0. The van der Waals surface area contributed by atoms with Gasteiger partial charge in [-0.15, -0.1) is 0 Å². The summed E-state index contributed by atoms with van der Waals surface area (Å²) in [6, 6.07) is 8.20. The molecular weight excluding hydrogens is 711 g/mol. The molecule has 14 nitrogen and oxygen atoms in total. The Morgan fingerprint density at radius 2 is 1.74 bits per heavy atom. The van der Waals surface area contributed by atoms with Crippen LogP contribution in [-0.2, 0) is 33.5 Å². The zero-order chi connectivity index (χ0) is 38.7. The van der Waals surface area contributed by atoms with Crippen LogP contribution in [0.15, 0.2) is 36.4 Å². The second-order valence-electron chi connectivity index (χ2n) is 15.0. The van der Waals surface area contributed by atoms with Crippen LogP contribution in [0.5, 0.6) is 0 Å². The predicted molar refractivity (Wildman–Crippen MR) is 186 cm³/mol. The number of piperidine rings is 1. The van der Waals surface area contributed by atoms with Crippen molar-refractivity contribution in [1.29, 1.82) is 0 Å². The molecule has 5 amide bonds. The van der Waals surface area contributed by atoms with E-state index in [2.05, 4.69) is 21.0 Å². The Kier molecular flexibility index (Phi) is 9.22. The number of carbonyl (C=O) groups excluding carboxylic acids is 6. The number of amides is 5. The van der Waals surface area contributed by atoms with Gasteiger partial charge in [-0.25, -0.2) is 9.48 Å². The number of anilines is 2. The Labute approximate surface area is 306 Å². The maximum atomic E-state index is 14.0. The largest absolute Gasteiger partial charge is 0.446 e. The van der Waals surface area contributed by atoms with Gasteiger partial charge in [-0.2, -0.15) is 18.3 Å². The fourth-order valence-electron chi connectivity index (χ4n) is 7.90. The van der Waals surface area contributed by atoms with E-state index in [-0.39, 0.29) is 61.1 Å². The standard InChI is InChI=1S/C37H38F3N7O7/c1-36(2)15-27-30(28(48)16-36)31(37(38,39)40)45-47(27)19-8-11-22(32(41)50)25(14-19)42-18-6-9-20(10-7-18)54-35(53)43-24-5-3-4-21-23(24)17-46(34(21)52)26-12-13-29(49)44-33(26)51/h3-5,8,11,14,18,20,26,42H,6-7,9-10,12-13,15-17H2,1-2H3,(H2,41,50)(H,43,53)(H,44,49,51)/t18-,20-,26?. The van der Waals surface area contributed by atoms with E-state index in [1.165, 1.54) is 23.1 Å². The van der Waals surface area contributed by atoms with Crippen molar-refractivity contribution in [1.82, 2.24) is 20.0 Å². The van der Waals surface area contributed by atoms with Crippen molar-refractivity contribution >= 4 is 46.9 Å². The lowest BCUT2D eigenvalue weighted by Crippen LogP contribution is -2.52. The van der Waals surface area contributed by atoms with Crippen molar-refractivity contribution in [3.8, 4) is 5.69 Å². The van der Waals surface area contributed by atoms with Gasteiger partial charge in [-0.3, -0.25) is 34.6 Å². The molecule has 2 fully saturated rings. The number of fused-ring (bicyclic) bond motifs is 2. The number of benzene rings is 2. The number of halogens is 3. The van der Waals surface area contributed by atoms with Crippen LogP contribution in [0, 0.1) is 5.41 Å². The van der Waals surface area contributed by atoms with Crippen molar-refractivity contribution in [2.75, 3.05) is 10.6 Å². The summed E-state index contributed by atoms with van der Waals surface area (Å²) in [7, 11) is 0. The molecule has 0 radical (unpaired) electrons. The molecule has 54 heavy (non-hydrogen) atoms. The zero-order valence-electron chi connectivity index (χ0n) is 29.5. The highest BCUT2D eigenvalue weighted by Crippen LogP contribution is 2.42. The minimum absolute atomic E-state index is 0.0449. The average Bonchev–Trinajstić information content (AvgIpc) is 3.64. The van der Waals surface area contributed by atoms with E-state index in [4.69, 9.17) is 10.5 Å². The minimum atomic E-state index is -4.85. The van der Waals surface area contributed by atoms with E-state index in [0.717, 1.165) is 4.68 Å². The van der Waals surface area contributed by atoms with E-state index in [1.807, 2.05) is 0 Å². The van der Waals surface area contributed by atoms with Crippen LogP contribution >= 0.6 is 0 Å². The monoisotopic (exact) mass is 749 g/mol. The molecule has 2 aliphatic heterocycles. The number of primary amides is 1. The summed E-state index contributed by atoms with van der Waals surface area (Å²) in [5.41, 5.74) is 5.42. The highest BCUT2D eigenvalue weighted by Gasteiger charge is 2.46. The molecule has 2 aromatic carbocycles. The van der Waals surface area contributed by atoms with Gasteiger partial charge >= 0.3 is 12.3 Å². The van der Waals surface area contributed by atoms with Gasteiger partial charge in [-0.05, 0) is 74.3 Å². The van der Waals surface area contributed by atoms with Gasteiger partial charge in [0.05, 0.1) is 22.5 Å². The topological polar surface area (TPSA) is 195 Å². The highest BCUT2D eigenvalue weighted by molar-refractivity contribution is 6.06. The second-order valence-corrected chi connectivity index (χ2v) is 15.0. The maximum Gasteiger partial charge on any atom is 0.435 e. The number of alkyl halides is 3. The van der Waals surface area contributed by atoms with Crippen LogP contribution in [0.4, 0.5) is 29.3 Å². The Hall–Kier alpha value is -5.74. The van der Waals surface area contributed by atoms with Crippen molar-refractivity contribution in [2.24, 2.45) is 11.1 Å². The third-order valence-corrected chi connectivity index (χ3v) is 10.5. The molecule has 0 bridgehead atoms. The van der Waals surface area contributed by atoms with Gasteiger partial charge in [0.15, 0.2) is 11.5 Å². The molecular formula is C37H38F3N7O7. The third-order valence-electron chi connectivity index (χ3n) is 10.5. The molecule has 3 heterocycles. The molecule has 3 aromatic rings. The highest BCUT2D eigenvalue weighted by atomic mass is 19.4. The molecule has 1 atom stereocenters. The first-order chi connectivity index (χ1) is 25.5.